The van der Waals surface area contributed by atoms with Crippen molar-refractivity contribution in [2.24, 2.45) is 0 Å². The van der Waals surface area contributed by atoms with Gasteiger partial charge >= 0.3 is 5.97 Å². The van der Waals surface area contributed by atoms with Gasteiger partial charge < -0.3 is 39.4 Å². The molecule has 0 aromatic rings. The molecule has 0 bridgehead atoms. The fourth-order valence-electron chi connectivity index (χ4n) is 6.96. The first-order valence-corrected chi connectivity index (χ1v) is 24.7. The van der Waals surface area contributed by atoms with Crippen LogP contribution in [0.2, 0.25) is 0 Å². The van der Waals surface area contributed by atoms with Gasteiger partial charge in [0, 0.05) is 13.0 Å². The van der Waals surface area contributed by atoms with E-state index in [1.54, 1.807) is 0 Å². The number of esters is 1. The van der Waals surface area contributed by atoms with Gasteiger partial charge in [-0.15, -0.1) is 0 Å². The number of hydrogen-bond acceptors (Lipinski definition) is 9. The summed E-state index contributed by atoms with van der Waals surface area (Å²) in [6, 6.07) is 0. The minimum Gasteiger partial charge on any atom is -0.457 e. The monoisotopic (exact) mass is 871 g/mol. The molecule has 0 spiro atoms. The molecule has 0 saturated carbocycles. The van der Waals surface area contributed by atoms with E-state index >= 15 is 0 Å². The summed E-state index contributed by atoms with van der Waals surface area (Å²) in [5.74, 6) is -0.336. The van der Waals surface area contributed by atoms with Crippen LogP contribution in [0.15, 0.2) is 85.1 Å². The molecule has 4 N–H and O–H groups in total. The van der Waals surface area contributed by atoms with Gasteiger partial charge in [0.25, 0.3) is 0 Å². The van der Waals surface area contributed by atoms with E-state index in [-0.39, 0.29) is 19.2 Å². The quantitative estimate of drug-likeness (QED) is 0.0269. The van der Waals surface area contributed by atoms with Crippen molar-refractivity contribution in [3.63, 3.8) is 0 Å². The molecule has 1 aliphatic rings. The highest BCUT2D eigenvalue weighted by Crippen LogP contribution is 2.22. The van der Waals surface area contributed by atoms with Gasteiger partial charge in [-0.25, -0.2) is 0 Å². The maximum Gasteiger partial charge on any atom is 0.306 e. The van der Waals surface area contributed by atoms with Gasteiger partial charge in [-0.3, -0.25) is 4.79 Å². The Bertz CT molecular complexity index is 1220. The van der Waals surface area contributed by atoms with Gasteiger partial charge in [-0.05, 0) is 89.9 Å². The number of carbonyl (C=O) groups is 1. The Kier molecular flexibility index (Phi) is 40.4. The Morgan fingerprint density at radius 2 is 0.984 bits per heavy atom. The van der Waals surface area contributed by atoms with Crippen LogP contribution >= 0.6 is 0 Å². The highest BCUT2D eigenvalue weighted by atomic mass is 16.7. The van der Waals surface area contributed by atoms with Crippen LogP contribution in [0.25, 0.3) is 0 Å². The fourth-order valence-corrected chi connectivity index (χ4v) is 6.96. The van der Waals surface area contributed by atoms with Gasteiger partial charge in [-0.1, -0.05) is 170 Å². The number of unbranched alkanes of at least 4 members (excludes halogenated alkanes) is 16. The Hall–Kier alpha value is -2.63. The van der Waals surface area contributed by atoms with Crippen molar-refractivity contribution in [2.45, 2.75) is 218 Å². The summed E-state index contributed by atoms with van der Waals surface area (Å²) in [5, 5.41) is 40.2. The zero-order chi connectivity index (χ0) is 45.0. The first-order chi connectivity index (χ1) is 30.4. The summed E-state index contributed by atoms with van der Waals surface area (Å²) in [6.07, 6.45) is 51.9. The smallest absolute Gasteiger partial charge is 0.306 e. The second-order valence-corrected chi connectivity index (χ2v) is 16.5. The van der Waals surface area contributed by atoms with Crippen molar-refractivity contribution in [3.8, 4) is 0 Å². The number of allylic oxidation sites excluding steroid dienone is 14. The van der Waals surface area contributed by atoms with Crippen LogP contribution in [-0.4, -0.2) is 89.6 Å². The van der Waals surface area contributed by atoms with E-state index in [9.17, 15) is 25.2 Å². The van der Waals surface area contributed by atoms with Crippen LogP contribution in [0.4, 0.5) is 0 Å². The molecule has 0 amide bonds. The molecule has 1 aliphatic heterocycles. The van der Waals surface area contributed by atoms with Crippen molar-refractivity contribution in [1.29, 1.82) is 0 Å². The molecular weight excluding hydrogens is 781 g/mol. The van der Waals surface area contributed by atoms with Crippen molar-refractivity contribution in [2.75, 3.05) is 26.4 Å². The summed E-state index contributed by atoms with van der Waals surface area (Å²) in [6.45, 7) is 4.31. The standard InChI is InChI=1S/C53H90O9/c1-3-5-7-9-11-13-15-17-19-21-23-24-25-26-28-30-32-34-36-38-40-42-49(55)61-47(46-60-53-52(58)51(57)50(56)48(44-54)62-53)45-59-43-41-39-37-35-33-31-29-27-22-20-18-16-14-12-10-8-6-4-2/h6,8,12,14-15,17-18,20-21,23,27,29,33,35,47-48,50-54,56-58H,3-5,7,9-11,13,16,19,22,24-26,28,30-32,34,36-46H2,1-2H3/b8-6-,14-12-,17-15-,20-18-,23-21-,29-27-,35-33-. The molecule has 9 nitrogen and oxygen atoms in total. The molecule has 6 unspecified atom stereocenters. The maximum absolute atomic E-state index is 12.8. The Morgan fingerprint density at radius 1 is 0.532 bits per heavy atom. The van der Waals surface area contributed by atoms with Crippen LogP contribution in [0.3, 0.4) is 0 Å². The average Bonchev–Trinajstić information content (AvgIpc) is 3.27. The molecule has 0 aromatic carbocycles. The third kappa shape index (κ3) is 33.9. The lowest BCUT2D eigenvalue weighted by Crippen LogP contribution is -2.59. The SMILES string of the molecule is CC/C=C\C/C=C\C/C=C\C/C=C\C/C=C\CCCCOCC(COC1OC(CO)C(O)C(O)C1O)OC(=O)CCCCCCCCCCC/C=C\C/C=C\CCCCCCC. The molecule has 0 aliphatic carbocycles. The second-order valence-electron chi connectivity index (χ2n) is 16.5. The van der Waals surface area contributed by atoms with Gasteiger partial charge in [0.2, 0.25) is 0 Å². The summed E-state index contributed by atoms with van der Waals surface area (Å²) >= 11 is 0. The number of ether oxygens (including phenoxy) is 4. The molecule has 1 rings (SSSR count). The largest absolute Gasteiger partial charge is 0.457 e. The van der Waals surface area contributed by atoms with E-state index in [0.717, 1.165) is 77.0 Å². The molecular formula is C53H90O9. The summed E-state index contributed by atoms with van der Waals surface area (Å²) < 4.78 is 22.8. The molecule has 62 heavy (non-hydrogen) atoms. The van der Waals surface area contributed by atoms with E-state index in [4.69, 9.17) is 18.9 Å². The molecule has 6 atom stereocenters. The van der Waals surface area contributed by atoms with E-state index in [1.807, 2.05) is 0 Å². The van der Waals surface area contributed by atoms with Crippen LogP contribution < -0.4 is 0 Å². The molecule has 1 heterocycles. The van der Waals surface area contributed by atoms with Crippen LogP contribution in [0.5, 0.6) is 0 Å². The number of rotatable bonds is 41. The lowest BCUT2D eigenvalue weighted by atomic mass is 9.99. The number of hydrogen-bond donors (Lipinski definition) is 4. The van der Waals surface area contributed by atoms with Crippen LogP contribution in [-0.2, 0) is 23.7 Å². The minimum absolute atomic E-state index is 0.109. The maximum atomic E-state index is 12.8. The van der Waals surface area contributed by atoms with Crippen LogP contribution in [0, 0.1) is 0 Å². The topological polar surface area (TPSA) is 135 Å². The summed E-state index contributed by atoms with van der Waals surface area (Å²) in [4.78, 5) is 12.8. The molecule has 1 saturated heterocycles. The first kappa shape index (κ1) is 57.4. The summed E-state index contributed by atoms with van der Waals surface area (Å²) in [5.41, 5.74) is 0. The zero-order valence-corrected chi connectivity index (χ0v) is 39.1. The Morgan fingerprint density at radius 3 is 1.48 bits per heavy atom. The minimum atomic E-state index is -1.55. The van der Waals surface area contributed by atoms with Crippen LogP contribution in [0.1, 0.15) is 181 Å². The van der Waals surface area contributed by atoms with E-state index in [1.165, 1.54) is 83.5 Å². The lowest BCUT2D eigenvalue weighted by molar-refractivity contribution is -0.305. The van der Waals surface area contributed by atoms with Gasteiger partial charge in [0.15, 0.2) is 6.29 Å². The lowest BCUT2D eigenvalue weighted by Gasteiger charge is -2.39. The molecule has 9 heteroatoms. The number of aliphatic hydroxyl groups excluding tert-OH is 4. The van der Waals surface area contributed by atoms with Gasteiger partial charge in [0.05, 0.1) is 19.8 Å². The normalized spacial score (nSPS) is 20.5. The van der Waals surface area contributed by atoms with Crippen molar-refractivity contribution >= 4 is 5.97 Å². The molecule has 0 radical (unpaired) electrons. The Balaban J connectivity index is 2.27. The molecule has 356 valence electrons. The zero-order valence-electron chi connectivity index (χ0n) is 39.1. The van der Waals surface area contributed by atoms with E-state index in [0.29, 0.717) is 13.0 Å². The van der Waals surface area contributed by atoms with Crippen molar-refractivity contribution in [3.05, 3.63) is 85.1 Å². The van der Waals surface area contributed by atoms with Crippen molar-refractivity contribution in [1.82, 2.24) is 0 Å². The van der Waals surface area contributed by atoms with Gasteiger partial charge in [-0.2, -0.15) is 0 Å². The predicted octanol–water partition coefficient (Wildman–Crippen LogP) is 11.8. The van der Waals surface area contributed by atoms with Gasteiger partial charge in [0.1, 0.15) is 30.5 Å². The summed E-state index contributed by atoms with van der Waals surface area (Å²) in [7, 11) is 0. The molecule has 1 fully saturated rings. The number of aliphatic hydroxyl groups is 4. The average molecular weight is 871 g/mol. The van der Waals surface area contributed by atoms with E-state index in [2.05, 4.69) is 98.9 Å². The molecule has 0 aromatic heterocycles. The fraction of sp³-hybridized carbons (Fsp3) is 0.717. The Labute approximate surface area is 378 Å². The third-order valence-corrected chi connectivity index (χ3v) is 10.8. The number of carbonyl (C=O) groups excluding carboxylic acids is 1. The van der Waals surface area contributed by atoms with E-state index < -0.39 is 43.4 Å². The van der Waals surface area contributed by atoms with Crippen molar-refractivity contribution < 1.29 is 44.2 Å². The predicted molar refractivity (Wildman–Crippen MR) is 256 cm³/mol. The first-order valence-electron chi connectivity index (χ1n) is 24.7. The third-order valence-electron chi connectivity index (χ3n) is 10.8. The highest BCUT2D eigenvalue weighted by molar-refractivity contribution is 5.69. The highest BCUT2D eigenvalue weighted by Gasteiger charge is 2.44. The second kappa shape index (κ2) is 43.6.